The van der Waals surface area contributed by atoms with Gasteiger partial charge in [-0.05, 0) is 23.3 Å². The average molecular weight is 479 g/mol. The second-order valence-electron chi connectivity index (χ2n) is 5.94. The number of benzene rings is 2. The van der Waals surface area contributed by atoms with Crippen LogP contribution < -0.4 is 10.6 Å². The topological polar surface area (TPSA) is 54.2 Å². The van der Waals surface area contributed by atoms with Gasteiger partial charge >= 0.3 is 0 Å². The van der Waals surface area contributed by atoms with Crippen LogP contribution in [-0.4, -0.2) is 22.8 Å². The van der Waals surface area contributed by atoms with E-state index in [1.54, 1.807) is 19.2 Å². The predicted octanol–water partition coefficient (Wildman–Crippen LogP) is 3.55. The molecule has 7 heteroatoms. The van der Waals surface area contributed by atoms with Gasteiger partial charge in [0, 0.05) is 31.9 Å². The lowest BCUT2D eigenvalue weighted by atomic mass is 10.2. The Morgan fingerprint density at radius 3 is 2.30 bits per heavy atom. The molecule has 0 fully saturated rings. The van der Waals surface area contributed by atoms with Crippen molar-refractivity contribution in [3.8, 4) is 0 Å². The van der Waals surface area contributed by atoms with Crippen LogP contribution in [0.25, 0.3) is 0 Å². The molecular weight excluding hydrogens is 456 g/mol. The minimum absolute atomic E-state index is 0. The zero-order chi connectivity index (χ0) is 18.2. The van der Waals surface area contributed by atoms with Gasteiger partial charge in [-0.25, -0.2) is 4.39 Å². The highest BCUT2D eigenvalue weighted by Gasteiger charge is 2.03. The van der Waals surface area contributed by atoms with Crippen LogP contribution in [0, 0.1) is 5.82 Å². The molecule has 0 aliphatic rings. The van der Waals surface area contributed by atoms with E-state index in [2.05, 4.69) is 32.9 Å². The quantitative estimate of drug-likeness (QED) is 0.323. The zero-order valence-corrected chi connectivity index (χ0v) is 17.4. The summed E-state index contributed by atoms with van der Waals surface area (Å²) in [6.45, 7) is 1.95. The Bertz CT molecular complexity index is 846. The summed E-state index contributed by atoms with van der Waals surface area (Å²) in [5.74, 6) is 0.453. The van der Waals surface area contributed by atoms with Crippen molar-refractivity contribution in [1.29, 1.82) is 0 Å². The van der Waals surface area contributed by atoms with Crippen molar-refractivity contribution in [2.24, 2.45) is 4.99 Å². The normalized spacial score (nSPS) is 11.0. The van der Waals surface area contributed by atoms with Gasteiger partial charge in [0.25, 0.3) is 0 Å². The highest BCUT2D eigenvalue weighted by molar-refractivity contribution is 14.0. The molecule has 0 aliphatic carbocycles. The molecular formula is C20H23FIN5. The van der Waals surface area contributed by atoms with E-state index in [1.165, 1.54) is 17.7 Å². The van der Waals surface area contributed by atoms with Gasteiger partial charge in [0.2, 0.25) is 0 Å². The number of hydrogen-bond acceptors (Lipinski definition) is 2. The van der Waals surface area contributed by atoms with Crippen molar-refractivity contribution >= 4 is 29.9 Å². The number of nitrogens with one attached hydrogen (secondary N) is 2. The minimum atomic E-state index is -0.233. The lowest BCUT2D eigenvalue weighted by Gasteiger charge is -2.11. The lowest BCUT2D eigenvalue weighted by molar-refractivity contribution is 0.626. The third kappa shape index (κ3) is 6.67. The largest absolute Gasteiger partial charge is 0.352 e. The van der Waals surface area contributed by atoms with Crippen molar-refractivity contribution in [3.05, 3.63) is 89.5 Å². The summed E-state index contributed by atoms with van der Waals surface area (Å²) < 4.78 is 14.9. The van der Waals surface area contributed by atoms with Crippen LogP contribution in [-0.2, 0) is 19.6 Å². The van der Waals surface area contributed by atoms with E-state index in [0.29, 0.717) is 19.0 Å². The maximum atomic E-state index is 12.9. The molecule has 5 nitrogen and oxygen atoms in total. The Kier molecular flexibility index (Phi) is 8.25. The monoisotopic (exact) mass is 479 g/mol. The first-order chi connectivity index (χ1) is 12.7. The Balaban J connectivity index is 0.00000261. The highest BCUT2D eigenvalue weighted by atomic mass is 127. The third-order valence-corrected chi connectivity index (χ3v) is 3.93. The van der Waals surface area contributed by atoms with Crippen LogP contribution in [0.3, 0.4) is 0 Å². The van der Waals surface area contributed by atoms with Crippen LogP contribution in [0.15, 0.2) is 72.0 Å². The summed E-state index contributed by atoms with van der Waals surface area (Å²) in [5, 5.41) is 10.9. The van der Waals surface area contributed by atoms with Crippen LogP contribution in [0.4, 0.5) is 4.39 Å². The fraction of sp³-hybridized carbons (Fsp3) is 0.200. The molecule has 1 aromatic heterocycles. The average Bonchev–Trinajstić information content (AvgIpc) is 3.11. The Morgan fingerprint density at radius 1 is 0.963 bits per heavy atom. The number of aliphatic imine (C=N–C) groups is 1. The standard InChI is InChI=1S/C20H22FN5.HI/c1-22-20(23-11-16-7-9-19(21)10-8-16)24-12-18-13-25-26(15-18)14-17-5-3-2-4-6-17;/h2-10,13,15H,11-12,14H2,1H3,(H2,22,23,24);1H. The number of guanidine groups is 1. The first-order valence-electron chi connectivity index (χ1n) is 8.47. The zero-order valence-electron chi connectivity index (χ0n) is 15.1. The van der Waals surface area contributed by atoms with Crippen molar-refractivity contribution in [1.82, 2.24) is 20.4 Å². The van der Waals surface area contributed by atoms with Crippen LogP contribution in [0.1, 0.15) is 16.7 Å². The molecule has 0 spiro atoms. The van der Waals surface area contributed by atoms with Gasteiger partial charge < -0.3 is 10.6 Å². The highest BCUT2D eigenvalue weighted by Crippen LogP contribution is 2.04. The van der Waals surface area contributed by atoms with Gasteiger partial charge in [0.05, 0.1) is 12.7 Å². The van der Waals surface area contributed by atoms with Crippen molar-refractivity contribution in [3.63, 3.8) is 0 Å². The maximum absolute atomic E-state index is 12.9. The Labute approximate surface area is 175 Å². The van der Waals surface area contributed by atoms with Gasteiger partial charge in [-0.1, -0.05) is 42.5 Å². The first-order valence-corrected chi connectivity index (χ1v) is 8.47. The van der Waals surface area contributed by atoms with E-state index in [9.17, 15) is 4.39 Å². The van der Waals surface area contributed by atoms with E-state index in [4.69, 9.17) is 0 Å². The van der Waals surface area contributed by atoms with E-state index < -0.39 is 0 Å². The maximum Gasteiger partial charge on any atom is 0.191 e. The molecule has 0 amide bonds. The fourth-order valence-electron chi connectivity index (χ4n) is 2.55. The van der Waals surface area contributed by atoms with Gasteiger partial charge in [-0.3, -0.25) is 9.67 Å². The number of nitrogens with zero attached hydrogens (tertiary/aromatic N) is 3. The molecule has 27 heavy (non-hydrogen) atoms. The number of halogens is 2. The van der Waals surface area contributed by atoms with Crippen LogP contribution in [0.5, 0.6) is 0 Å². The molecule has 0 aliphatic heterocycles. The SMILES string of the molecule is CN=C(NCc1ccc(F)cc1)NCc1cnn(Cc2ccccc2)c1.I. The Hall–Kier alpha value is -2.42. The molecule has 0 atom stereocenters. The van der Waals surface area contributed by atoms with Gasteiger partial charge in [0.1, 0.15) is 5.82 Å². The summed E-state index contributed by atoms with van der Waals surface area (Å²) in [5.41, 5.74) is 3.28. The van der Waals surface area contributed by atoms with E-state index in [0.717, 1.165) is 17.7 Å². The number of aromatic nitrogens is 2. The molecule has 1 heterocycles. The van der Waals surface area contributed by atoms with Crippen molar-refractivity contribution in [2.45, 2.75) is 19.6 Å². The molecule has 2 aromatic carbocycles. The summed E-state index contributed by atoms with van der Waals surface area (Å²) in [6.07, 6.45) is 3.87. The summed E-state index contributed by atoms with van der Waals surface area (Å²) in [7, 11) is 1.72. The number of hydrogen-bond donors (Lipinski definition) is 2. The van der Waals surface area contributed by atoms with Crippen molar-refractivity contribution < 1.29 is 4.39 Å². The van der Waals surface area contributed by atoms with E-state index in [-0.39, 0.29) is 29.8 Å². The second-order valence-corrected chi connectivity index (χ2v) is 5.94. The van der Waals surface area contributed by atoms with E-state index in [1.807, 2.05) is 35.3 Å². The summed E-state index contributed by atoms with van der Waals surface area (Å²) >= 11 is 0. The van der Waals surface area contributed by atoms with Crippen LogP contribution in [0.2, 0.25) is 0 Å². The molecule has 0 saturated carbocycles. The van der Waals surface area contributed by atoms with Crippen molar-refractivity contribution in [2.75, 3.05) is 7.05 Å². The molecule has 3 aromatic rings. The molecule has 0 bridgehead atoms. The van der Waals surface area contributed by atoms with Gasteiger partial charge in [0.15, 0.2) is 5.96 Å². The van der Waals surface area contributed by atoms with Gasteiger partial charge in [-0.15, -0.1) is 24.0 Å². The van der Waals surface area contributed by atoms with Gasteiger partial charge in [-0.2, -0.15) is 5.10 Å². The molecule has 3 rings (SSSR count). The van der Waals surface area contributed by atoms with Crippen LogP contribution >= 0.6 is 24.0 Å². The number of rotatable bonds is 6. The molecule has 2 N–H and O–H groups in total. The molecule has 0 saturated heterocycles. The molecule has 0 radical (unpaired) electrons. The first kappa shape index (κ1) is 20.9. The summed E-state index contributed by atoms with van der Waals surface area (Å²) in [4.78, 5) is 4.20. The smallest absolute Gasteiger partial charge is 0.191 e. The molecule has 142 valence electrons. The fourth-order valence-corrected chi connectivity index (χ4v) is 2.55. The van der Waals surface area contributed by atoms with E-state index >= 15 is 0 Å². The second kappa shape index (κ2) is 10.7. The Morgan fingerprint density at radius 2 is 1.63 bits per heavy atom. The minimum Gasteiger partial charge on any atom is -0.352 e. The summed E-state index contributed by atoms with van der Waals surface area (Å²) in [6, 6.07) is 16.6. The molecule has 0 unspecified atom stereocenters. The third-order valence-electron chi connectivity index (χ3n) is 3.93. The lowest BCUT2D eigenvalue weighted by Crippen LogP contribution is -2.36. The predicted molar refractivity (Wildman–Crippen MR) is 117 cm³/mol.